The van der Waals surface area contributed by atoms with Gasteiger partial charge in [0, 0.05) is 18.8 Å². The van der Waals surface area contributed by atoms with Crippen LogP contribution in [-0.4, -0.2) is 42.3 Å². The number of carbonyl (C=O) groups is 1. The Bertz CT molecular complexity index is 1140. The van der Waals surface area contributed by atoms with Crippen molar-refractivity contribution in [3.05, 3.63) is 66.3 Å². The van der Waals surface area contributed by atoms with E-state index < -0.39 is 0 Å². The lowest BCUT2D eigenvalue weighted by Crippen LogP contribution is -2.31. The van der Waals surface area contributed by atoms with Gasteiger partial charge in [-0.3, -0.25) is 4.90 Å². The number of aromatic nitrogens is 5. The molecule has 0 bridgehead atoms. The molecule has 1 fully saturated rings. The Morgan fingerprint density at radius 2 is 2.07 bits per heavy atom. The van der Waals surface area contributed by atoms with Gasteiger partial charge in [0.05, 0.1) is 6.20 Å². The normalized spacial score (nSPS) is 16.4. The molecular formula is C20H18N6O3. The van der Waals surface area contributed by atoms with Crippen molar-refractivity contribution >= 4 is 11.7 Å². The van der Waals surface area contributed by atoms with Gasteiger partial charge in [0.25, 0.3) is 0 Å². The Morgan fingerprint density at radius 3 is 2.97 bits per heavy atom. The quantitative estimate of drug-likeness (QED) is 0.527. The number of amides is 1. The molecule has 146 valence electrons. The van der Waals surface area contributed by atoms with Crippen molar-refractivity contribution in [2.24, 2.45) is 0 Å². The predicted octanol–water partition coefficient (Wildman–Crippen LogP) is 3.25. The molecular weight excluding hydrogens is 372 g/mol. The van der Waals surface area contributed by atoms with Crippen LogP contribution in [-0.2, 0) is 11.3 Å². The van der Waals surface area contributed by atoms with E-state index in [1.807, 2.05) is 30.3 Å². The van der Waals surface area contributed by atoms with Crippen LogP contribution in [0.1, 0.15) is 30.3 Å². The van der Waals surface area contributed by atoms with Gasteiger partial charge in [-0.2, -0.15) is 10.1 Å². The standard InChI is InChI=1S/C20H18N6O3/c27-20(28-13-14-5-2-1-3-6-14)25-12-4-7-16(25)19-23-18(24-29-19)15-8-10-21-17-9-11-22-26(15)17/h1-3,5-6,8-11,16H,4,7,12-13H2/t16-/m0/s1. The fourth-order valence-electron chi connectivity index (χ4n) is 3.52. The topological polar surface area (TPSA) is 98.7 Å². The number of ether oxygens (including phenoxy) is 1. The molecule has 0 radical (unpaired) electrons. The maximum atomic E-state index is 12.6. The van der Waals surface area contributed by atoms with Crippen molar-refractivity contribution in [1.82, 2.24) is 29.6 Å². The summed E-state index contributed by atoms with van der Waals surface area (Å²) >= 11 is 0. The molecule has 0 N–H and O–H groups in total. The molecule has 1 aromatic carbocycles. The van der Waals surface area contributed by atoms with Gasteiger partial charge in [0.1, 0.15) is 18.3 Å². The van der Waals surface area contributed by atoms with Crippen LogP contribution in [0.5, 0.6) is 0 Å². The van der Waals surface area contributed by atoms with Crippen LogP contribution in [0.3, 0.4) is 0 Å². The van der Waals surface area contributed by atoms with Crippen molar-refractivity contribution in [2.45, 2.75) is 25.5 Å². The molecule has 5 rings (SSSR count). The van der Waals surface area contributed by atoms with E-state index in [1.165, 1.54) is 0 Å². The van der Waals surface area contributed by atoms with E-state index >= 15 is 0 Å². The zero-order chi connectivity index (χ0) is 19.6. The molecule has 9 nitrogen and oxygen atoms in total. The Hall–Kier alpha value is -3.75. The van der Waals surface area contributed by atoms with Crippen LogP contribution in [0.2, 0.25) is 0 Å². The maximum Gasteiger partial charge on any atom is 0.410 e. The van der Waals surface area contributed by atoms with E-state index in [0.29, 0.717) is 29.6 Å². The smallest absolute Gasteiger partial charge is 0.410 e. The van der Waals surface area contributed by atoms with Gasteiger partial charge < -0.3 is 9.26 Å². The fourth-order valence-corrected chi connectivity index (χ4v) is 3.52. The first kappa shape index (κ1) is 17.4. The maximum absolute atomic E-state index is 12.6. The van der Waals surface area contributed by atoms with E-state index in [-0.39, 0.29) is 18.7 Å². The summed E-state index contributed by atoms with van der Waals surface area (Å²) in [6.07, 6.45) is 4.55. The van der Waals surface area contributed by atoms with Crippen molar-refractivity contribution in [1.29, 1.82) is 0 Å². The lowest BCUT2D eigenvalue weighted by atomic mass is 10.2. The van der Waals surface area contributed by atoms with Gasteiger partial charge in [0.2, 0.25) is 11.7 Å². The summed E-state index contributed by atoms with van der Waals surface area (Å²) in [5, 5.41) is 8.34. The van der Waals surface area contributed by atoms with Gasteiger partial charge in [-0.1, -0.05) is 35.5 Å². The summed E-state index contributed by atoms with van der Waals surface area (Å²) in [6, 6.07) is 12.9. The number of hydrogen-bond acceptors (Lipinski definition) is 7. The van der Waals surface area contributed by atoms with E-state index in [1.54, 1.807) is 33.9 Å². The van der Waals surface area contributed by atoms with Crippen LogP contribution >= 0.6 is 0 Å². The highest BCUT2D eigenvalue weighted by atomic mass is 16.6. The molecule has 1 atom stereocenters. The minimum Gasteiger partial charge on any atom is -0.445 e. The first-order chi connectivity index (χ1) is 14.3. The van der Waals surface area contributed by atoms with E-state index in [0.717, 1.165) is 18.4 Å². The van der Waals surface area contributed by atoms with Crippen molar-refractivity contribution in [3.8, 4) is 11.5 Å². The Morgan fingerprint density at radius 1 is 1.17 bits per heavy atom. The molecule has 4 aromatic rings. The number of rotatable bonds is 4. The number of fused-ring (bicyclic) bond motifs is 1. The molecule has 1 aliphatic heterocycles. The van der Waals surface area contributed by atoms with Crippen LogP contribution in [0.15, 0.2) is 59.4 Å². The van der Waals surface area contributed by atoms with Gasteiger partial charge in [-0.15, -0.1) is 0 Å². The number of likely N-dealkylation sites (tertiary alicyclic amines) is 1. The average molecular weight is 390 g/mol. The molecule has 0 unspecified atom stereocenters. The van der Waals surface area contributed by atoms with Gasteiger partial charge in [0.15, 0.2) is 5.65 Å². The number of nitrogens with zero attached hydrogens (tertiary/aromatic N) is 6. The van der Waals surface area contributed by atoms with Gasteiger partial charge >= 0.3 is 6.09 Å². The zero-order valence-electron chi connectivity index (χ0n) is 15.5. The molecule has 0 aliphatic carbocycles. The third kappa shape index (κ3) is 3.31. The van der Waals surface area contributed by atoms with Crippen molar-refractivity contribution in [3.63, 3.8) is 0 Å². The second-order valence-electron chi connectivity index (χ2n) is 6.78. The zero-order valence-corrected chi connectivity index (χ0v) is 15.5. The summed E-state index contributed by atoms with van der Waals surface area (Å²) in [7, 11) is 0. The molecule has 4 heterocycles. The first-order valence-corrected chi connectivity index (χ1v) is 9.39. The molecule has 9 heteroatoms. The van der Waals surface area contributed by atoms with Gasteiger partial charge in [-0.05, 0) is 24.5 Å². The average Bonchev–Trinajstić information content (AvgIpc) is 3.52. The molecule has 1 aliphatic rings. The summed E-state index contributed by atoms with van der Waals surface area (Å²) in [4.78, 5) is 23.0. The van der Waals surface area contributed by atoms with E-state index in [4.69, 9.17) is 9.26 Å². The number of hydrogen-bond donors (Lipinski definition) is 0. The summed E-state index contributed by atoms with van der Waals surface area (Å²) < 4.78 is 12.6. The predicted molar refractivity (Wildman–Crippen MR) is 102 cm³/mol. The molecule has 29 heavy (non-hydrogen) atoms. The fraction of sp³-hybridized carbons (Fsp3) is 0.250. The largest absolute Gasteiger partial charge is 0.445 e. The lowest BCUT2D eigenvalue weighted by Gasteiger charge is -2.21. The highest BCUT2D eigenvalue weighted by Gasteiger charge is 2.35. The van der Waals surface area contributed by atoms with Crippen LogP contribution in [0, 0.1) is 0 Å². The van der Waals surface area contributed by atoms with Gasteiger partial charge in [-0.25, -0.2) is 14.3 Å². The minimum absolute atomic E-state index is 0.228. The molecule has 0 saturated carbocycles. The third-order valence-corrected chi connectivity index (χ3v) is 4.94. The minimum atomic E-state index is -0.380. The molecule has 1 amide bonds. The summed E-state index contributed by atoms with van der Waals surface area (Å²) in [6.45, 7) is 0.820. The SMILES string of the molecule is O=C(OCc1ccccc1)N1CCC[C@H]1c1nc(-c2ccnc3ccnn23)no1. The Balaban J connectivity index is 1.34. The Labute approximate surface area is 165 Å². The monoisotopic (exact) mass is 390 g/mol. The second kappa shape index (κ2) is 7.34. The van der Waals surface area contributed by atoms with Crippen molar-refractivity contribution < 1.29 is 14.1 Å². The highest BCUT2D eigenvalue weighted by Crippen LogP contribution is 2.32. The number of carbonyl (C=O) groups excluding carboxylic acids is 1. The van der Waals surface area contributed by atoms with Crippen LogP contribution < -0.4 is 0 Å². The van der Waals surface area contributed by atoms with Crippen LogP contribution in [0.25, 0.3) is 17.2 Å². The molecule has 1 saturated heterocycles. The molecule has 0 spiro atoms. The molecule has 3 aromatic heterocycles. The number of benzene rings is 1. The van der Waals surface area contributed by atoms with Crippen molar-refractivity contribution in [2.75, 3.05) is 6.54 Å². The lowest BCUT2D eigenvalue weighted by molar-refractivity contribution is 0.0866. The first-order valence-electron chi connectivity index (χ1n) is 9.39. The van der Waals surface area contributed by atoms with E-state index in [2.05, 4.69) is 20.2 Å². The third-order valence-electron chi connectivity index (χ3n) is 4.94. The van der Waals surface area contributed by atoms with E-state index in [9.17, 15) is 4.79 Å². The summed E-state index contributed by atoms with van der Waals surface area (Å²) in [5.74, 6) is 0.798. The second-order valence-corrected chi connectivity index (χ2v) is 6.78. The summed E-state index contributed by atoms with van der Waals surface area (Å²) in [5.41, 5.74) is 2.31. The van der Waals surface area contributed by atoms with Crippen LogP contribution in [0.4, 0.5) is 4.79 Å². The Kier molecular flexibility index (Phi) is 4.39. The highest BCUT2D eigenvalue weighted by molar-refractivity contribution is 5.68.